The van der Waals surface area contributed by atoms with Crippen LogP contribution in [-0.4, -0.2) is 29.2 Å². The van der Waals surface area contributed by atoms with E-state index in [1.165, 1.54) is 19.9 Å². The first-order valence-corrected chi connectivity index (χ1v) is 11.3. The minimum atomic E-state index is -5.29. The van der Waals surface area contributed by atoms with Crippen LogP contribution in [0.2, 0.25) is 10.0 Å². The van der Waals surface area contributed by atoms with Crippen LogP contribution < -0.4 is 5.73 Å². The van der Waals surface area contributed by atoms with Gasteiger partial charge in [0.15, 0.2) is 11.4 Å². The molecular formula is C17H15Cl2F6N4O3P. The molecule has 0 bridgehead atoms. The third-order valence-electron chi connectivity index (χ3n) is 4.14. The first kappa shape index (κ1) is 27.3. The quantitative estimate of drug-likeness (QED) is 0.318. The number of hydrogen-bond acceptors (Lipinski definition) is 6. The SMILES string of the molecule is CCOP(=O)(OCC)C(c1c(C#N)nn(-c2c(Cl)cc(C(F)(F)F)cc2Cl)c1N)C(F)(F)F. The molecule has 1 atom stereocenters. The van der Waals surface area contributed by atoms with Gasteiger partial charge in [0.25, 0.3) is 0 Å². The van der Waals surface area contributed by atoms with E-state index in [1.807, 2.05) is 0 Å². The summed E-state index contributed by atoms with van der Waals surface area (Å²) in [7, 11) is -5.00. The Balaban J connectivity index is 2.86. The van der Waals surface area contributed by atoms with Crippen LogP contribution in [0.3, 0.4) is 0 Å². The molecule has 2 N–H and O–H groups in total. The average Bonchev–Trinajstić information content (AvgIpc) is 2.96. The minimum Gasteiger partial charge on any atom is -0.383 e. The third kappa shape index (κ3) is 5.41. The third-order valence-corrected chi connectivity index (χ3v) is 7.13. The van der Waals surface area contributed by atoms with Crippen LogP contribution in [0.1, 0.15) is 36.3 Å². The van der Waals surface area contributed by atoms with E-state index in [0.717, 1.165) is 0 Å². The molecule has 182 valence electrons. The van der Waals surface area contributed by atoms with Crippen molar-refractivity contribution < 1.29 is 40.0 Å². The molecular weight excluding hydrogens is 524 g/mol. The predicted molar refractivity (Wildman–Crippen MR) is 107 cm³/mol. The second-order valence-electron chi connectivity index (χ2n) is 6.28. The maximum atomic E-state index is 14.1. The minimum absolute atomic E-state index is 0.434. The largest absolute Gasteiger partial charge is 0.416 e. The van der Waals surface area contributed by atoms with Crippen molar-refractivity contribution in [3.8, 4) is 11.8 Å². The van der Waals surface area contributed by atoms with Gasteiger partial charge in [-0.25, -0.2) is 4.68 Å². The van der Waals surface area contributed by atoms with Gasteiger partial charge in [-0.3, -0.25) is 4.57 Å². The summed E-state index contributed by atoms with van der Waals surface area (Å²) in [6.45, 7) is 1.68. The summed E-state index contributed by atoms with van der Waals surface area (Å²) in [5.74, 6) is -0.892. The summed E-state index contributed by atoms with van der Waals surface area (Å²) in [6.07, 6.45) is -10.1. The number of aromatic nitrogens is 2. The van der Waals surface area contributed by atoms with Crippen molar-refractivity contribution in [2.75, 3.05) is 18.9 Å². The monoisotopic (exact) mass is 538 g/mol. The standard InChI is InChI=1S/C17H15Cl2F6N4O3P/c1-3-31-33(30,32-4-2)14(17(23,24)25)12-11(7-26)28-29(15(12)27)13-9(18)5-8(6-10(13)19)16(20,21)22/h5-6,14H,3-4,27H2,1-2H3. The van der Waals surface area contributed by atoms with Crippen LogP contribution >= 0.6 is 30.8 Å². The Kier molecular flexibility index (Phi) is 8.03. The zero-order valence-electron chi connectivity index (χ0n) is 16.8. The van der Waals surface area contributed by atoms with E-state index in [1.54, 1.807) is 0 Å². The van der Waals surface area contributed by atoms with E-state index in [2.05, 4.69) is 5.10 Å². The van der Waals surface area contributed by atoms with Gasteiger partial charge in [-0.05, 0) is 26.0 Å². The van der Waals surface area contributed by atoms with Gasteiger partial charge in [-0.1, -0.05) is 23.2 Å². The molecule has 1 aromatic carbocycles. The summed E-state index contributed by atoms with van der Waals surface area (Å²) in [6, 6.07) is 2.32. The predicted octanol–water partition coefficient (Wildman–Crippen LogP) is 6.52. The summed E-state index contributed by atoms with van der Waals surface area (Å²) in [5.41, 5.74) is -0.929. The first-order valence-electron chi connectivity index (χ1n) is 8.92. The number of nitrogen functional groups attached to an aromatic ring is 1. The maximum Gasteiger partial charge on any atom is 0.416 e. The van der Waals surface area contributed by atoms with Crippen molar-refractivity contribution in [1.29, 1.82) is 5.26 Å². The molecule has 2 aromatic rings. The summed E-state index contributed by atoms with van der Waals surface area (Å²) >= 11 is 11.8. The molecule has 0 amide bonds. The van der Waals surface area contributed by atoms with Crippen LogP contribution in [-0.2, 0) is 19.8 Å². The van der Waals surface area contributed by atoms with E-state index in [4.69, 9.17) is 38.0 Å². The molecule has 0 saturated carbocycles. The highest BCUT2D eigenvalue weighted by molar-refractivity contribution is 7.54. The van der Waals surface area contributed by atoms with Crippen molar-refractivity contribution in [2.24, 2.45) is 0 Å². The lowest BCUT2D eigenvalue weighted by molar-refractivity contribution is -0.138. The van der Waals surface area contributed by atoms with Gasteiger partial charge in [0.1, 0.15) is 17.6 Å². The van der Waals surface area contributed by atoms with E-state index in [9.17, 15) is 36.2 Å². The molecule has 0 aliphatic rings. The van der Waals surface area contributed by atoms with Crippen LogP contribution in [0.25, 0.3) is 5.69 Å². The lowest BCUT2D eigenvalue weighted by Crippen LogP contribution is -2.24. The summed E-state index contributed by atoms with van der Waals surface area (Å²) < 4.78 is 104. The molecule has 1 unspecified atom stereocenters. The topological polar surface area (TPSA) is 103 Å². The molecule has 16 heteroatoms. The molecule has 0 aliphatic heterocycles. The molecule has 0 aliphatic carbocycles. The molecule has 1 aromatic heterocycles. The fourth-order valence-electron chi connectivity index (χ4n) is 2.94. The van der Waals surface area contributed by atoms with Gasteiger partial charge >= 0.3 is 19.9 Å². The normalized spacial score (nSPS) is 13.7. The van der Waals surface area contributed by atoms with E-state index in [0.29, 0.717) is 16.8 Å². The van der Waals surface area contributed by atoms with Gasteiger partial charge in [0.2, 0.25) is 0 Å². The Morgan fingerprint density at radius 1 is 1.15 bits per heavy atom. The summed E-state index contributed by atoms with van der Waals surface area (Å²) in [4.78, 5) is 0. The molecule has 0 fully saturated rings. The van der Waals surface area contributed by atoms with E-state index >= 15 is 0 Å². The van der Waals surface area contributed by atoms with Crippen LogP contribution in [0.15, 0.2) is 12.1 Å². The van der Waals surface area contributed by atoms with Gasteiger partial charge in [0, 0.05) is 0 Å². The fraction of sp³-hybridized carbons (Fsp3) is 0.412. The van der Waals surface area contributed by atoms with Crippen LogP contribution in [0, 0.1) is 11.3 Å². The molecule has 2 rings (SSSR count). The molecule has 0 saturated heterocycles. The number of nitriles is 1. The fourth-order valence-corrected chi connectivity index (χ4v) is 5.61. The first-order chi connectivity index (χ1) is 15.1. The van der Waals surface area contributed by atoms with Crippen molar-refractivity contribution in [3.05, 3.63) is 39.0 Å². The Morgan fingerprint density at radius 3 is 2.00 bits per heavy atom. The van der Waals surface area contributed by atoms with Crippen molar-refractivity contribution in [1.82, 2.24) is 9.78 Å². The molecule has 33 heavy (non-hydrogen) atoms. The summed E-state index contributed by atoms with van der Waals surface area (Å²) in [5, 5.41) is 11.7. The highest BCUT2D eigenvalue weighted by Crippen LogP contribution is 2.67. The Morgan fingerprint density at radius 2 is 1.64 bits per heavy atom. The number of halogens is 8. The number of benzene rings is 1. The van der Waals surface area contributed by atoms with Gasteiger partial charge < -0.3 is 14.8 Å². The van der Waals surface area contributed by atoms with E-state index < -0.39 is 77.2 Å². The number of nitrogens with two attached hydrogens (primary N) is 1. The van der Waals surface area contributed by atoms with Crippen molar-refractivity contribution >= 4 is 36.6 Å². The molecule has 1 heterocycles. The second-order valence-corrected chi connectivity index (χ2v) is 9.20. The molecule has 0 spiro atoms. The number of rotatable bonds is 7. The Bertz CT molecular complexity index is 1100. The van der Waals surface area contributed by atoms with Gasteiger partial charge in [-0.15, -0.1) is 0 Å². The zero-order valence-corrected chi connectivity index (χ0v) is 19.2. The van der Waals surface area contributed by atoms with Crippen LogP contribution in [0.4, 0.5) is 32.2 Å². The van der Waals surface area contributed by atoms with Gasteiger partial charge in [-0.2, -0.15) is 36.7 Å². The zero-order chi connectivity index (χ0) is 25.4. The lowest BCUT2D eigenvalue weighted by atomic mass is 10.1. The van der Waals surface area contributed by atoms with Crippen LogP contribution in [0.5, 0.6) is 0 Å². The number of hydrogen-bond donors (Lipinski definition) is 1. The maximum absolute atomic E-state index is 14.1. The van der Waals surface area contributed by atoms with E-state index in [-0.39, 0.29) is 0 Å². The average molecular weight is 539 g/mol. The lowest BCUT2D eigenvalue weighted by Gasteiger charge is -2.28. The smallest absolute Gasteiger partial charge is 0.383 e. The number of nitrogens with zero attached hydrogens (tertiary/aromatic N) is 3. The molecule has 7 nitrogen and oxygen atoms in total. The Hall–Kier alpha value is -1.97. The second kappa shape index (κ2) is 9.72. The molecule has 0 radical (unpaired) electrons. The highest BCUT2D eigenvalue weighted by atomic mass is 35.5. The van der Waals surface area contributed by atoms with Crippen molar-refractivity contribution in [2.45, 2.75) is 31.9 Å². The number of anilines is 1. The Labute approximate surface area is 193 Å². The number of alkyl halides is 6. The van der Waals surface area contributed by atoms with Gasteiger partial charge in [0.05, 0.1) is 34.4 Å². The van der Waals surface area contributed by atoms with Crippen molar-refractivity contribution in [3.63, 3.8) is 0 Å². The highest BCUT2D eigenvalue weighted by Gasteiger charge is 2.57.